The summed E-state index contributed by atoms with van der Waals surface area (Å²) in [4.78, 5) is 13.8. The molecular formula is C15H18INO2. The van der Waals surface area contributed by atoms with Gasteiger partial charge in [0.05, 0.1) is 17.9 Å². The van der Waals surface area contributed by atoms with Gasteiger partial charge in [0, 0.05) is 16.7 Å². The van der Waals surface area contributed by atoms with Gasteiger partial charge in [0.25, 0.3) is 0 Å². The van der Waals surface area contributed by atoms with Crippen LogP contribution in [0.25, 0.3) is 0 Å². The van der Waals surface area contributed by atoms with E-state index in [1.165, 1.54) is 0 Å². The average molecular weight is 371 g/mol. The normalized spacial score (nSPS) is 9.79. The minimum Gasteiger partial charge on any atom is -0.462 e. The third-order valence-electron chi connectivity index (χ3n) is 2.50. The molecule has 1 aromatic carbocycles. The van der Waals surface area contributed by atoms with E-state index >= 15 is 0 Å². The molecule has 0 fully saturated rings. The maximum absolute atomic E-state index is 11.7. The second-order valence-corrected chi connectivity index (χ2v) is 5.03. The molecule has 1 aromatic rings. The number of anilines is 1. The fourth-order valence-corrected chi connectivity index (χ4v) is 2.54. The van der Waals surface area contributed by atoms with Crippen LogP contribution in [0.1, 0.15) is 17.3 Å². The molecule has 0 bridgehead atoms. The van der Waals surface area contributed by atoms with E-state index in [1.54, 1.807) is 13.0 Å². The molecule has 0 atom stereocenters. The predicted octanol–water partition coefficient (Wildman–Crippen LogP) is 3.65. The van der Waals surface area contributed by atoms with Gasteiger partial charge in [-0.15, -0.1) is 13.2 Å². The number of carbonyl (C=O) groups excluding carboxylic acids is 1. The Morgan fingerprint density at radius 3 is 2.47 bits per heavy atom. The zero-order valence-corrected chi connectivity index (χ0v) is 13.2. The van der Waals surface area contributed by atoms with Crippen LogP contribution in [0.15, 0.2) is 43.5 Å². The number of hydrogen-bond donors (Lipinski definition) is 0. The van der Waals surface area contributed by atoms with Crippen molar-refractivity contribution in [1.82, 2.24) is 0 Å². The van der Waals surface area contributed by atoms with Gasteiger partial charge >= 0.3 is 5.97 Å². The Balaban J connectivity index is 3.00. The van der Waals surface area contributed by atoms with Crippen LogP contribution in [0.5, 0.6) is 0 Å². The van der Waals surface area contributed by atoms with Crippen molar-refractivity contribution < 1.29 is 9.53 Å². The van der Waals surface area contributed by atoms with E-state index in [0.717, 1.165) is 22.3 Å². The lowest BCUT2D eigenvalue weighted by Crippen LogP contribution is -2.24. The summed E-state index contributed by atoms with van der Waals surface area (Å²) < 4.78 is 6.00. The number of nitrogens with zero attached hydrogens (tertiary/aromatic N) is 1. The van der Waals surface area contributed by atoms with Gasteiger partial charge in [0.1, 0.15) is 0 Å². The first-order valence-corrected chi connectivity index (χ1v) is 7.15. The van der Waals surface area contributed by atoms with Crippen molar-refractivity contribution in [3.05, 3.63) is 52.6 Å². The molecule has 0 spiro atoms. The lowest BCUT2D eigenvalue weighted by molar-refractivity contribution is 0.0526. The van der Waals surface area contributed by atoms with Gasteiger partial charge in [-0.25, -0.2) is 4.79 Å². The summed E-state index contributed by atoms with van der Waals surface area (Å²) in [5.41, 5.74) is 1.64. The third kappa shape index (κ3) is 4.38. The quantitative estimate of drug-likeness (QED) is 0.416. The molecule has 0 aliphatic heterocycles. The maximum Gasteiger partial charge on any atom is 0.338 e. The highest BCUT2D eigenvalue weighted by atomic mass is 127. The first kappa shape index (κ1) is 15.8. The number of ether oxygens (including phenoxy) is 1. The lowest BCUT2D eigenvalue weighted by atomic mass is 10.2. The topological polar surface area (TPSA) is 29.5 Å². The first-order valence-electron chi connectivity index (χ1n) is 6.07. The summed E-state index contributed by atoms with van der Waals surface area (Å²) in [7, 11) is 0. The Kier molecular flexibility index (Phi) is 6.62. The summed E-state index contributed by atoms with van der Waals surface area (Å²) in [6.07, 6.45) is 3.69. The zero-order chi connectivity index (χ0) is 14.3. The van der Waals surface area contributed by atoms with Gasteiger partial charge < -0.3 is 9.64 Å². The zero-order valence-electron chi connectivity index (χ0n) is 11.1. The average Bonchev–Trinajstić information content (AvgIpc) is 2.39. The van der Waals surface area contributed by atoms with E-state index in [0.29, 0.717) is 12.2 Å². The van der Waals surface area contributed by atoms with Gasteiger partial charge in [0.2, 0.25) is 0 Å². The number of carbonyl (C=O) groups is 1. The summed E-state index contributed by atoms with van der Waals surface area (Å²) >= 11 is 2.22. The number of esters is 1. The molecule has 19 heavy (non-hydrogen) atoms. The van der Waals surface area contributed by atoms with Gasteiger partial charge in [0.15, 0.2) is 0 Å². The van der Waals surface area contributed by atoms with Gasteiger partial charge in [-0.2, -0.15) is 0 Å². The van der Waals surface area contributed by atoms with Crippen LogP contribution in [0.2, 0.25) is 0 Å². The summed E-state index contributed by atoms with van der Waals surface area (Å²) in [5.74, 6) is -0.286. The molecule has 0 aliphatic carbocycles. The fourth-order valence-electron chi connectivity index (χ4n) is 1.69. The van der Waals surface area contributed by atoms with E-state index in [9.17, 15) is 4.79 Å². The Morgan fingerprint density at radius 1 is 1.37 bits per heavy atom. The molecule has 0 aliphatic rings. The Labute approximate surface area is 128 Å². The van der Waals surface area contributed by atoms with Gasteiger partial charge in [-0.3, -0.25) is 0 Å². The molecule has 4 heteroatoms. The van der Waals surface area contributed by atoms with Crippen LogP contribution >= 0.6 is 22.6 Å². The molecule has 0 saturated carbocycles. The van der Waals surface area contributed by atoms with E-state index in [4.69, 9.17) is 4.74 Å². The van der Waals surface area contributed by atoms with Crippen molar-refractivity contribution in [1.29, 1.82) is 0 Å². The second-order valence-electron chi connectivity index (χ2n) is 3.87. The van der Waals surface area contributed by atoms with Crippen molar-refractivity contribution in [3.63, 3.8) is 0 Å². The maximum atomic E-state index is 11.7. The molecule has 1 rings (SSSR count). The molecule has 0 aromatic heterocycles. The molecule has 0 N–H and O–H groups in total. The third-order valence-corrected chi connectivity index (χ3v) is 3.36. The SMILES string of the molecule is C=CCN(CC=C)c1ccc(C(=O)OCC)cc1I. The smallest absolute Gasteiger partial charge is 0.338 e. The number of benzene rings is 1. The largest absolute Gasteiger partial charge is 0.462 e. The van der Waals surface area contributed by atoms with Crippen molar-refractivity contribution >= 4 is 34.2 Å². The monoisotopic (exact) mass is 371 g/mol. The van der Waals surface area contributed by atoms with Crippen molar-refractivity contribution in [2.24, 2.45) is 0 Å². The first-order chi connectivity index (χ1) is 9.13. The highest BCUT2D eigenvalue weighted by Gasteiger charge is 2.12. The minimum absolute atomic E-state index is 0.286. The van der Waals surface area contributed by atoms with Crippen LogP contribution in [0.3, 0.4) is 0 Å². The number of hydrogen-bond acceptors (Lipinski definition) is 3. The standard InChI is InChI=1S/C15H18INO2/c1-4-9-17(10-5-2)14-8-7-12(11-13(14)16)15(18)19-6-3/h4-5,7-8,11H,1-2,6,9-10H2,3H3. The van der Waals surface area contributed by atoms with Crippen molar-refractivity contribution in [2.45, 2.75) is 6.92 Å². The second kappa shape index (κ2) is 7.99. The molecular weight excluding hydrogens is 353 g/mol. The summed E-state index contributed by atoms with van der Waals surface area (Å²) in [6.45, 7) is 11.2. The van der Waals surface area contributed by atoms with Crippen molar-refractivity contribution in [3.8, 4) is 0 Å². The lowest BCUT2D eigenvalue weighted by Gasteiger charge is -2.23. The van der Waals surface area contributed by atoms with Gasteiger partial charge in [-0.1, -0.05) is 12.2 Å². The molecule has 0 amide bonds. The van der Waals surface area contributed by atoms with Crippen LogP contribution in [0.4, 0.5) is 5.69 Å². The Bertz CT molecular complexity index is 461. The van der Waals surface area contributed by atoms with Crippen LogP contribution in [0, 0.1) is 3.57 Å². The number of rotatable bonds is 7. The van der Waals surface area contributed by atoms with Crippen LogP contribution in [-0.4, -0.2) is 25.7 Å². The molecule has 0 unspecified atom stereocenters. The number of halogens is 1. The highest BCUT2D eigenvalue weighted by molar-refractivity contribution is 14.1. The molecule has 0 heterocycles. The van der Waals surface area contributed by atoms with Crippen LogP contribution in [-0.2, 0) is 4.74 Å². The summed E-state index contributed by atoms with van der Waals surface area (Å²) in [5, 5.41) is 0. The van der Waals surface area contributed by atoms with Crippen molar-refractivity contribution in [2.75, 3.05) is 24.6 Å². The Hall–Kier alpha value is -1.30. The van der Waals surface area contributed by atoms with Gasteiger partial charge in [-0.05, 0) is 47.7 Å². The highest BCUT2D eigenvalue weighted by Crippen LogP contribution is 2.24. The van der Waals surface area contributed by atoms with E-state index in [2.05, 4.69) is 40.6 Å². The van der Waals surface area contributed by atoms with E-state index in [1.807, 2.05) is 24.3 Å². The fraction of sp³-hybridized carbons (Fsp3) is 0.267. The molecule has 3 nitrogen and oxygen atoms in total. The molecule has 0 radical (unpaired) electrons. The van der Waals surface area contributed by atoms with Crippen LogP contribution < -0.4 is 4.90 Å². The summed E-state index contributed by atoms with van der Waals surface area (Å²) in [6, 6.07) is 5.56. The Morgan fingerprint density at radius 2 is 2.00 bits per heavy atom. The predicted molar refractivity (Wildman–Crippen MR) is 87.7 cm³/mol. The minimum atomic E-state index is -0.286. The molecule has 0 saturated heterocycles. The van der Waals surface area contributed by atoms with E-state index in [-0.39, 0.29) is 5.97 Å². The molecule has 102 valence electrons. The van der Waals surface area contributed by atoms with E-state index < -0.39 is 0 Å².